The predicted octanol–water partition coefficient (Wildman–Crippen LogP) is 2.01. The molecule has 2 aromatic heterocycles. The molecule has 0 aromatic carbocycles. The molecule has 2 heterocycles. The highest BCUT2D eigenvalue weighted by Gasteiger charge is 2.06. The molecule has 0 aliphatic heterocycles. The van der Waals surface area contributed by atoms with Crippen LogP contribution < -0.4 is 10.1 Å². The van der Waals surface area contributed by atoms with E-state index in [4.69, 9.17) is 4.74 Å². The van der Waals surface area contributed by atoms with Crippen molar-refractivity contribution in [2.24, 2.45) is 0 Å². The smallest absolute Gasteiger partial charge is 0.238 e. The Hall–Kier alpha value is -1.88. The lowest BCUT2D eigenvalue weighted by atomic mass is 10.2. The standard InChI is InChI=1S/C12H16N4O/c1-3-13-7-10-4-5-14-8-11(10)17-12-6-9(2)15-16-12/h4-6,8,13H,3,7H2,1-2H3,(H,15,16). The van der Waals surface area contributed by atoms with E-state index in [1.165, 1.54) is 0 Å². The number of ether oxygens (including phenoxy) is 1. The van der Waals surface area contributed by atoms with Gasteiger partial charge in [-0.1, -0.05) is 6.92 Å². The fraction of sp³-hybridized carbons (Fsp3) is 0.333. The Labute approximate surface area is 100 Å². The van der Waals surface area contributed by atoms with Crippen molar-refractivity contribution in [3.05, 3.63) is 35.8 Å². The zero-order valence-corrected chi connectivity index (χ0v) is 10.0. The van der Waals surface area contributed by atoms with E-state index in [0.717, 1.165) is 30.1 Å². The van der Waals surface area contributed by atoms with E-state index in [0.29, 0.717) is 5.88 Å². The quantitative estimate of drug-likeness (QED) is 0.827. The van der Waals surface area contributed by atoms with Crippen molar-refractivity contribution in [3.8, 4) is 11.6 Å². The van der Waals surface area contributed by atoms with E-state index >= 15 is 0 Å². The zero-order valence-electron chi connectivity index (χ0n) is 10.0. The zero-order chi connectivity index (χ0) is 12.1. The van der Waals surface area contributed by atoms with Crippen molar-refractivity contribution in [1.82, 2.24) is 20.5 Å². The summed E-state index contributed by atoms with van der Waals surface area (Å²) in [5.41, 5.74) is 2.04. The van der Waals surface area contributed by atoms with Gasteiger partial charge in [-0.2, -0.15) is 0 Å². The molecule has 2 rings (SSSR count). The van der Waals surface area contributed by atoms with E-state index in [-0.39, 0.29) is 0 Å². The number of aromatic nitrogens is 3. The minimum absolute atomic E-state index is 0.563. The summed E-state index contributed by atoms with van der Waals surface area (Å²) in [5, 5.41) is 10.1. The van der Waals surface area contributed by atoms with Crippen LogP contribution in [0, 0.1) is 6.92 Å². The number of hydrogen-bond acceptors (Lipinski definition) is 4. The minimum Gasteiger partial charge on any atom is -0.436 e. The molecule has 0 fully saturated rings. The average Bonchev–Trinajstić information content (AvgIpc) is 2.74. The molecule has 0 radical (unpaired) electrons. The molecular weight excluding hydrogens is 216 g/mol. The van der Waals surface area contributed by atoms with Gasteiger partial charge in [0.05, 0.1) is 6.20 Å². The van der Waals surface area contributed by atoms with Crippen LogP contribution in [-0.2, 0) is 6.54 Å². The fourth-order valence-electron chi connectivity index (χ4n) is 1.46. The van der Waals surface area contributed by atoms with E-state index in [1.54, 1.807) is 12.4 Å². The first-order valence-electron chi connectivity index (χ1n) is 5.63. The van der Waals surface area contributed by atoms with Crippen LogP contribution in [0.4, 0.5) is 0 Å². The van der Waals surface area contributed by atoms with Crippen LogP contribution in [0.2, 0.25) is 0 Å². The van der Waals surface area contributed by atoms with Crippen molar-refractivity contribution >= 4 is 0 Å². The first-order valence-corrected chi connectivity index (χ1v) is 5.63. The van der Waals surface area contributed by atoms with Gasteiger partial charge in [0.15, 0.2) is 5.75 Å². The second-order valence-electron chi connectivity index (χ2n) is 3.75. The number of nitrogens with zero attached hydrogens (tertiary/aromatic N) is 2. The van der Waals surface area contributed by atoms with E-state index in [9.17, 15) is 0 Å². The average molecular weight is 232 g/mol. The summed E-state index contributed by atoms with van der Waals surface area (Å²) in [6, 6.07) is 3.79. The molecule has 0 unspecified atom stereocenters. The molecule has 90 valence electrons. The van der Waals surface area contributed by atoms with E-state index in [2.05, 4.69) is 27.4 Å². The third-order valence-corrected chi connectivity index (χ3v) is 2.33. The van der Waals surface area contributed by atoms with Crippen LogP contribution in [0.1, 0.15) is 18.2 Å². The Bertz CT molecular complexity index is 481. The predicted molar refractivity (Wildman–Crippen MR) is 65.0 cm³/mol. The van der Waals surface area contributed by atoms with Gasteiger partial charge in [-0.25, -0.2) is 0 Å². The lowest BCUT2D eigenvalue weighted by Gasteiger charge is -2.08. The number of hydrogen-bond donors (Lipinski definition) is 2. The summed E-state index contributed by atoms with van der Waals surface area (Å²) in [6.45, 7) is 5.68. The van der Waals surface area contributed by atoms with Crippen LogP contribution in [-0.4, -0.2) is 21.7 Å². The molecule has 0 amide bonds. The molecule has 17 heavy (non-hydrogen) atoms. The van der Waals surface area contributed by atoms with Crippen molar-refractivity contribution < 1.29 is 4.74 Å². The normalized spacial score (nSPS) is 10.5. The molecule has 0 aliphatic carbocycles. The highest BCUT2D eigenvalue weighted by atomic mass is 16.5. The number of aryl methyl sites for hydroxylation is 1. The Morgan fingerprint density at radius 1 is 1.47 bits per heavy atom. The van der Waals surface area contributed by atoms with Gasteiger partial charge in [0, 0.05) is 30.1 Å². The highest BCUT2D eigenvalue weighted by Crippen LogP contribution is 2.22. The van der Waals surface area contributed by atoms with E-state index in [1.807, 2.05) is 19.1 Å². The van der Waals surface area contributed by atoms with Crippen molar-refractivity contribution in [1.29, 1.82) is 0 Å². The fourth-order valence-corrected chi connectivity index (χ4v) is 1.46. The molecule has 5 heteroatoms. The maximum Gasteiger partial charge on any atom is 0.238 e. The number of aromatic amines is 1. The number of nitrogens with one attached hydrogen (secondary N) is 2. The minimum atomic E-state index is 0.563. The Balaban J connectivity index is 2.14. The molecule has 0 saturated carbocycles. The van der Waals surface area contributed by atoms with Crippen molar-refractivity contribution in [2.75, 3.05) is 6.54 Å². The molecule has 0 bridgehead atoms. The van der Waals surface area contributed by atoms with Gasteiger partial charge < -0.3 is 10.1 Å². The van der Waals surface area contributed by atoms with Crippen molar-refractivity contribution in [3.63, 3.8) is 0 Å². The lowest BCUT2D eigenvalue weighted by molar-refractivity contribution is 0.451. The molecule has 0 saturated heterocycles. The van der Waals surface area contributed by atoms with E-state index < -0.39 is 0 Å². The van der Waals surface area contributed by atoms with Gasteiger partial charge in [0.1, 0.15) is 0 Å². The third-order valence-electron chi connectivity index (χ3n) is 2.33. The summed E-state index contributed by atoms with van der Waals surface area (Å²) < 4.78 is 5.68. The second-order valence-corrected chi connectivity index (χ2v) is 3.75. The number of pyridine rings is 1. The van der Waals surface area contributed by atoms with Gasteiger partial charge in [-0.05, 0) is 19.5 Å². The summed E-state index contributed by atoms with van der Waals surface area (Å²) in [6.07, 6.45) is 3.46. The Kier molecular flexibility index (Phi) is 3.72. The maximum absolute atomic E-state index is 5.68. The summed E-state index contributed by atoms with van der Waals surface area (Å²) >= 11 is 0. The largest absolute Gasteiger partial charge is 0.436 e. The molecule has 2 N–H and O–H groups in total. The van der Waals surface area contributed by atoms with Gasteiger partial charge in [0.25, 0.3) is 0 Å². The monoisotopic (exact) mass is 232 g/mol. The second kappa shape index (κ2) is 5.45. The Morgan fingerprint density at radius 2 is 2.35 bits per heavy atom. The van der Waals surface area contributed by atoms with Crippen LogP contribution >= 0.6 is 0 Å². The summed E-state index contributed by atoms with van der Waals surface area (Å²) in [4.78, 5) is 4.07. The van der Waals surface area contributed by atoms with Crippen LogP contribution in [0.3, 0.4) is 0 Å². The molecule has 0 spiro atoms. The summed E-state index contributed by atoms with van der Waals surface area (Å²) in [7, 11) is 0. The summed E-state index contributed by atoms with van der Waals surface area (Å²) in [5.74, 6) is 1.30. The van der Waals surface area contributed by atoms with Gasteiger partial charge in [0.2, 0.25) is 5.88 Å². The SMILES string of the molecule is CCNCc1ccncc1Oc1cc(C)[nH]n1. The molecule has 0 atom stereocenters. The number of rotatable bonds is 5. The first kappa shape index (κ1) is 11.6. The van der Waals surface area contributed by atoms with Gasteiger partial charge >= 0.3 is 0 Å². The first-order chi connectivity index (χ1) is 8.29. The third kappa shape index (κ3) is 3.04. The Morgan fingerprint density at radius 3 is 3.06 bits per heavy atom. The van der Waals surface area contributed by atoms with Crippen molar-refractivity contribution in [2.45, 2.75) is 20.4 Å². The molecule has 0 aliphatic rings. The molecular formula is C12H16N4O. The number of H-pyrrole nitrogens is 1. The van der Waals surface area contributed by atoms with Crippen LogP contribution in [0.15, 0.2) is 24.5 Å². The van der Waals surface area contributed by atoms with Gasteiger partial charge in [-0.15, -0.1) is 5.10 Å². The van der Waals surface area contributed by atoms with Crippen LogP contribution in [0.5, 0.6) is 11.6 Å². The molecule has 5 nitrogen and oxygen atoms in total. The topological polar surface area (TPSA) is 62.8 Å². The molecule has 2 aromatic rings. The maximum atomic E-state index is 5.68. The highest BCUT2D eigenvalue weighted by molar-refractivity contribution is 5.33. The lowest BCUT2D eigenvalue weighted by Crippen LogP contribution is -2.12. The van der Waals surface area contributed by atoms with Crippen LogP contribution in [0.25, 0.3) is 0 Å². The van der Waals surface area contributed by atoms with Gasteiger partial charge in [-0.3, -0.25) is 10.1 Å².